The molecular weight excluding hydrogens is 248 g/mol. The Bertz CT molecular complexity index is 419. The Hall–Kier alpha value is -0.730. The second-order valence-corrected chi connectivity index (χ2v) is 9.74. The molecule has 0 aromatic heterocycles. The predicted molar refractivity (Wildman–Crippen MR) is 81.6 cm³/mol. The van der Waals surface area contributed by atoms with Crippen molar-refractivity contribution in [2.75, 3.05) is 0 Å². The molecule has 2 atom stereocenters. The molecule has 4 aliphatic carbocycles. The summed E-state index contributed by atoms with van der Waals surface area (Å²) in [6.45, 7) is 11.0. The van der Waals surface area contributed by atoms with E-state index in [1.807, 2.05) is 20.8 Å². The van der Waals surface area contributed by atoms with Gasteiger partial charge >= 0.3 is 6.03 Å². The molecule has 4 saturated carbocycles. The van der Waals surface area contributed by atoms with Crippen LogP contribution in [0.1, 0.15) is 73.1 Å². The molecule has 0 aromatic rings. The van der Waals surface area contributed by atoms with Crippen LogP contribution in [0.25, 0.3) is 0 Å². The molecular formula is C17H30N2O. The summed E-state index contributed by atoms with van der Waals surface area (Å²) in [5.41, 5.74) is 0.783. The van der Waals surface area contributed by atoms with Gasteiger partial charge in [0, 0.05) is 11.1 Å². The molecule has 3 nitrogen and oxygen atoms in total. The molecule has 2 N–H and O–H groups in total. The number of carbonyl (C=O) groups excluding carboxylic acids is 1. The molecule has 114 valence electrons. The molecule has 0 saturated heterocycles. The lowest BCUT2D eigenvalue weighted by Gasteiger charge is -2.65. The molecule has 0 radical (unpaired) electrons. The summed E-state index contributed by atoms with van der Waals surface area (Å²) in [6.07, 6.45) is 7.61. The Morgan fingerprint density at radius 1 is 1.00 bits per heavy atom. The van der Waals surface area contributed by atoms with Crippen molar-refractivity contribution >= 4 is 6.03 Å². The minimum Gasteiger partial charge on any atom is -0.334 e. The molecule has 2 unspecified atom stereocenters. The molecule has 4 aliphatic rings. The third-order valence-corrected chi connectivity index (χ3v) is 5.49. The van der Waals surface area contributed by atoms with Gasteiger partial charge in [-0.25, -0.2) is 4.79 Å². The number of rotatable bonds is 1. The van der Waals surface area contributed by atoms with E-state index in [9.17, 15) is 4.79 Å². The van der Waals surface area contributed by atoms with Crippen LogP contribution < -0.4 is 10.6 Å². The monoisotopic (exact) mass is 278 g/mol. The zero-order valence-corrected chi connectivity index (χ0v) is 13.7. The van der Waals surface area contributed by atoms with Gasteiger partial charge in [0.25, 0.3) is 0 Å². The summed E-state index contributed by atoms with van der Waals surface area (Å²) in [4.78, 5) is 12.3. The van der Waals surface area contributed by atoms with Gasteiger partial charge in [-0.15, -0.1) is 0 Å². The van der Waals surface area contributed by atoms with Crippen LogP contribution in [0.2, 0.25) is 0 Å². The highest BCUT2D eigenvalue weighted by Crippen LogP contribution is 2.66. The predicted octanol–water partition coefficient (Wildman–Crippen LogP) is 3.83. The van der Waals surface area contributed by atoms with Crippen LogP contribution in [0.15, 0.2) is 0 Å². The molecule has 4 rings (SSSR count). The van der Waals surface area contributed by atoms with E-state index < -0.39 is 0 Å². The second-order valence-electron chi connectivity index (χ2n) is 9.74. The average Bonchev–Trinajstić information content (AvgIpc) is 2.04. The van der Waals surface area contributed by atoms with Crippen molar-refractivity contribution in [3.8, 4) is 0 Å². The van der Waals surface area contributed by atoms with Crippen molar-refractivity contribution in [3.63, 3.8) is 0 Å². The van der Waals surface area contributed by atoms with E-state index in [4.69, 9.17) is 0 Å². The summed E-state index contributed by atoms with van der Waals surface area (Å²) in [6, 6.07) is 0.0200. The van der Waals surface area contributed by atoms with Crippen LogP contribution in [0.5, 0.6) is 0 Å². The van der Waals surface area contributed by atoms with Gasteiger partial charge < -0.3 is 10.6 Å². The Balaban J connectivity index is 1.77. The molecule has 0 aliphatic heterocycles. The number of urea groups is 1. The molecule has 2 amide bonds. The van der Waals surface area contributed by atoms with Crippen molar-refractivity contribution in [2.24, 2.45) is 16.7 Å². The van der Waals surface area contributed by atoms with Gasteiger partial charge in [0.05, 0.1) is 0 Å². The quantitative estimate of drug-likeness (QED) is 0.752. The van der Waals surface area contributed by atoms with Crippen molar-refractivity contribution in [3.05, 3.63) is 0 Å². The minimum absolute atomic E-state index is 0.0200. The van der Waals surface area contributed by atoms with Gasteiger partial charge in [-0.1, -0.05) is 13.8 Å². The largest absolute Gasteiger partial charge is 0.334 e. The van der Waals surface area contributed by atoms with Crippen molar-refractivity contribution in [2.45, 2.75) is 84.2 Å². The summed E-state index contributed by atoms with van der Waals surface area (Å²) in [5, 5.41) is 6.45. The van der Waals surface area contributed by atoms with E-state index in [-0.39, 0.29) is 17.1 Å². The maximum Gasteiger partial charge on any atom is 0.315 e. The van der Waals surface area contributed by atoms with Crippen LogP contribution >= 0.6 is 0 Å². The minimum atomic E-state index is -0.166. The number of hydrogen-bond acceptors (Lipinski definition) is 1. The van der Waals surface area contributed by atoms with Gasteiger partial charge in [-0.2, -0.15) is 0 Å². The lowest BCUT2D eigenvalue weighted by atomic mass is 9.43. The highest BCUT2D eigenvalue weighted by Gasteiger charge is 2.60. The number of carbonyl (C=O) groups is 1. The van der Waals surface area contributed by atoms with Gasteiger partial charge in [0.2, 0.25) is 0 Å². The topological polar surface area (TPSA) is 41.1 Å². The molecule has 20 heavy (non-hydrogen) atoms. The van der Waals surface area contributed by atoms with Crippen LogP contribution in [-0.4, -0.2) is 17.1 Å². The summed E-state index contributed by atoms with van der Waals surface area (Å²) in [5.74, 6) is 0.816. The average molecular weight is 278 g/mol. The highest BCUT2D eigenvalue weighted by atomic mass is 16.2. The fraction of sp³-hybridized carbons (Fsp3) is 0.941. The first kappa shape index (κ1) is 14.2. The maximum atomic E-state index is 12.3. The summed E-state index contributed by atoms with van der Waals surface area (Å²) < 4.78 is 0. The molecule has 4 bridgehead atoms. The molecule has 4 fully saturated rings. The van der Waals surface area contributed by atoms with Crippen molar-refractivity contribution in [1.29, 1.82) is 0 Å². The number of nitrogens with one attached hydrogen (secondary N) is 2. The van der Waals surface area contributed by atoms with Gasteiger partial charge in [0.15, 0.2) is 0 Å². The van der Waals surface area contributed by atoms with Crippen molar-refractivity contribution < 1.29 is 4.79 Å². The van der Waals surface area contributed by atoms with Gasteiger partial charge in [-0.3, -0.25) is 0 Å². The highest BCUT2D eigenvalue weighted by molar-refractivity contribution is 5.75. The molecule has 0 heterocycles. The Morgan fingerprint density at radius 3 is 2.00 bits per heavy atom. The van der Waals surface area contributed by atoms with E-state index in [0.717, 1.165) is 5.92 Å². The van der Waals surface area contributed by atoms with E-state index in [2.05, 4.69) is 24.5 Å². The molecule has 3 heteroatoms. The lowest BCUT2D eigenvalue weighted by Crippen LogP contribution is -2.66. The standard InChI is InChI=1S/C17H30N2O/c1-14(2,3)18-13(20)19-17-8-12-6-15(4,10-17)9-16(5,7-12)11-17/h12H,6-11H2,1-5H3,(H2,18,19,20). The van der Waals surface area contributed by atoms with E-state index in [0.29, 0.717) is 10.8 Å². The zero-order chi connectivity index (χ0) is 14.8. The van der Waals surface area contributed by atoms with Gasteiger partial charge in [0.1, 0.15) is 0 Å². The lowest BCUT2D eigenvalue weighted by molar-refractivity contribution is -0.113. The number of amides is 2. The fourth-order valence-electron chi connectivity index (χ4n) is 6.20. The summed E-state index contributed by atoms with van der Waals surface area (Å²) >= 11 is 0. The first-order chi connectivity index (χ1) is 9.01. The van der Waals surface area contributed by atoms with Crippen molar-refractivity contribution in [1.82, 2.24) is 10.6 Å². The van der Waals surface area contributed by atoms with E-state index >= 15 is 0 Å². The Kier molecular flexibility index (Phi) is 2.79. The first-order valence-electron chi connectivity index (χ1n) is 8.11. The first-order valence-corrected chi connectivity index (χ1v) is 8.11. The fourth-order valence-corrected chi connectivity index (χ4v) is 6.20. The SMILES string of the molecule is CC12CC3CC(C)(C1)CC(NC(=O)NC(C)(C)C)(C3)C2. The van der Waals surface area contributed by atoms with E-state index in [1.165, 1.54) is 38.5 Å². The summed E-state index contributed by atoms with van der Waals surface area (Å²) in [7, 11) is 0. The van der Waals surface area contributed by atoms with Gasteiger partial charge in [-0.05, 0) is 76.0 Å². The Labute approximate surface area is 123 Å². The zero-order valence-electron chi connectivity index (χ0n) is 13.7. The molecule has 0 spiro atoms. The van der Waals surface area contributed by atoms with Crippen LogP contribution in [-0.2, 0) is 0 Å². The smallest absolute Gasteiger partial charge is 0.315 e. The number of hydrogen-bond donors (Lipinski definition) is 2. The second kappa shape index (κ2) is 3.92. The third-order valence-electron chi connectivity index (χ3n) is 5.49. The molecule has 0 aromatic carbocycles. The van der Waals surface area contributed by atoms with E-state index in [1.54, 1.807) is 0 Å². The normalized spacial score (nSPS) is 46.4. The van der Waals surface area contributed by atoms with Crippen LogP contribution in [0, 0.1) is 16.7 Å². The maximum absolute atomic E-state index is 12.3. The third kappa shape index (κ3) is 2.56. The Morgan fingerprint density at radius 2 is 1.55 bits per heavy atom. The van der Waals surface area contributed by atoms with Crippen LogP contribution in [0.3, 0.4) is 0 Å². The van der Waals surface area contributed by atoms with Crippen LogP contribution in [0.4, 0.5) is 4.79 Å².